The predicted octanol–water partition coefficient (Wildman–Crippen LogP) is 0.920. The van der Waals surface area contributed by atoms with Crippen LogP contribution in [0.15, 0.2) is 16.2 Å². The summed E-state index contributed by atoms with van der Waals surface area (Å²) in [4.78, 5) is 23.0. The maximum atomic E-state index is 12.0. The van der Waals surface area contributed by atoms with Crippen LogP contribution in [0.3, 0.4) is 0 Å². The summed E-state index contributed by atoms with van der Waals surface area (Å²) >= 11 is 1.41. The van der Waals surface area contributed by atoms with Crippen LogP contribution in [0, 0.1) is 0 Å². The van der Waals surface area contributed by atoms with Crippen molar-refractivity contribution in [1.29, 1.82) is 0 Å². The van der Waals surface area contributed by atoms with Gasteiger partial charge in [-0.1, -0.05) is 6.92 Å². The first-order valence-corrected chi connectivity index (χ1v) is 7.95. The number of rotatable bonds is 6. The molecule has 0 unspecified atom stereocenters. The summed E-state index contributed by atoms with van der Waals surface area (Å²) in [5.74, 6) is 1.32. The van der Waals surface area contributed by atoms with E-state index in [1.807, 2.05) is 11.4 Å². The molecule has 0 aliphatic rings. The Balaban J connectivity index is 1.80. The van der Waals surface area contributed by atoms with E-state index in [1.54, 1.807) is 7.05 Å². The molecular formula is C13H17N7OS. The third-order valence-corrected chi connectivity index (χ3v) is 4.09. The molecule has 0 aromatic carbocycles. The van der Waals surface area contributed by atoms with Crippen molar-refractivity contribution in [2.75, 3.05) is 6.54 Å². The van der Waals surface area contributed by atoms with Gasteiger partial charge in [-0.3, -0.25) is 9.69 Å². The standard InChI is InChI=1S/C13H17N7OS/c1-3-5-20(8-11-16-18-19(2)17-11)7-10-14-9-4-6-22-12(9)13(21)15-10/h4,6H,3,5,7-8H2,1-2H3,(H,14,15,21). The lowest BCUT2D eigenvalue weighted by atomic mass is 10.3. The van der Waals surface area contributed by atoms with Crippen LogP contribution in [-0.4, -0.2) is 41.6 Å². The molecule has 3 aromatic heterocycles. The van der Waals surface area contributed by atoms with E-state index in [0.717, 1.165) is 18.5 Å². The average Bonchev–Trinajstić information content (AvgIpc) is 3.08. The zero-order valence-electron chi connectivity index (χ0n) is 12.5. The summed E-state index contributed by atoms with van der Waals surface area (Å²) in [6, 6.07) is 1.87. The van der Waals surface area contributed by atoms with Crippen LogP contribution in [0.1, 0.15) is 25.0 Å². The second-order valence-corrected chi connectivity index (χ2v) is 5.97. The minimum atomic E-state index is -0.0796. The molecule has 0 bridgehead atoms. The molecule has 0 fully saturated rings. The summed E-state index contributed by atoms with van der Waals surface area (Å²) in [5.41, 5.74) is 0.668. The van der Waals surface area contributed by atoms with Gasteiger partial charge in [0.05, 0.1) is 25.7 Å². The molecule has 0 saturated heterocycles. The topological polar surface area (TPSA) is 92.6 Å². The van der Waals surface area contributed by atoms with Gasteiger partial charge in [0, 0.05) is 0 Å². The smallest absolute Gasteiger partial charge is 0.268 e. The van der Waals surface area contributed by atoms with Crippen LogP contribution in [0.2, 0.25) is 0 Å². The van der Waals surface area contributed by atoms with Gasteiger partial charge in [0.25, 0.3) is 5.56 Å². The van der Waals surface area contributed by atoms with Crippen LogP contribution in [0.5, 0.6) is 0 Å². The SMILES string of the molecule is CCCN(Cc1nnn(C)n1)Cc1nc2ccsc2c(=O)[nH]1. The molecule has 3 rings (SSSR count). The largest absolute Gasteiger partial charge is 0.308 e. The number of aromatic nitrogens is 6. The third-order valence-electron chi connectivity index (χ3n) is 3.19. The van der Waals surface area contributed by atoms with E-state index < -0.39 is 0 Å². The molecule has 0 saturated carbocycles. The van der Waals surface area contributed by atoms with Crippen LogP contribution in [-0.2, 0) is 20.1 Å². The van der Waals surface area contributed by atoms with Crippen molar-refractivity contribution in [3.8, 4) is 0 Å². The minimum absolute atomic E-state index is 0.0796. The van der Waals surface area contributed by atoms with Gasteiger partial charge in [0.2, 0.25) is 0 Å². The molecule has 9 heteroatoms. The van der Waals surface area contributed by atoms with E-state index >= 15 is 0 Å². The fourth-order valence-electron chi connectivity index (χ4n) is 2.33. The first kappa shape index (κ1) is 14.8. The normalized spacial score (nSPS) is 11.6. The number of thiophene rings is 1. The Kier molecular flexibility index (Phi) is 4.25. The van der Waals surface area contributed by atoms with E-state index in [2.05, 4.69) is 37.2 Å². The molecule has 3 heterocycles. The lowest BCUT2D eigenvalue weighted by Crippen LogP contribution is -2.26. The molecule has 8 nitrogen and oxygen atoms in total. The number of aromatic amines is 1. The first-order chi connectivity index (χ1) is 10.7. The average molecular weight is 319 g/mol. The van der Waals surface area contributed by atoms with Crippen molar-refractivity contribution < 1.29 is 0 Å². The predicted molar refractivity (Wildman–Crippen MR) is 83.4 cm³/mol. The van der Waals surface area contributed by atoms with Crippen LogP contribution < -0.4 is 5.56 Å². The van der Waals surface area contributed by atoms with Gasteiger partial charge >= 0.3 is 0 Å². The monoisotopic (exact) mass is 319 g/mol. The highest BCUT2D eigenvalue weighted by Gasteiger charge is 2.12. The molecule has 1 N–H and O–H groups in total. The third kappa shape index (κ3) is 3.20. The van der Waals surface area contributed by atoms with Gasteiger partial charge in [0.15, 0.2) is 5.82 Å². The van der Waals surface area contributed by atoms with Gasteiger partial charge < -0.3 is 4.98 Å². The highest BCUT2D eigenvalue weighted by atomic mass is 32.1. The molecular weight excluding hydrogens is 302 g/mol. The Morgan fingerprint density at radius 3 is 3.00 bits per heavy atom. The van der Waals surface area contributed by atoms with Crippen LogP contribution >= 0.6 is 11.3 Å². The van der Waals surface area contributed by atoms with E-state index in [0.29, 0.717) is 29.4 Å². The number of tetrazole rings is 1. The van der Waals surface area contributed by atoms with Crippen molar-refractivity contribution in [2.24, 2.45) is 7.05 Å². The van der Waals surface area contributed by atoms with E-state index in [1.165, 1.54) is 16.1 Å². The van der Waals surface area contributed by atoms with Crippen molar-refractivity contribution in [2.45, 2.75) is 26.4 Å². The fraction of sp³-hybridized carbons (Fsp3) is 0.462. The first-order valence-electron chi connectivity index (χ1n) is 7.07. The number of H-pyrrole nitrogens is 1. The lowest BCUT2D eigenvalue weighted by molar-refractivity contribution is 0.244. The maximum Gasteiger partial charge on any atom is 0.268 e. The Morgan fingerprint density at radius 2 is 2.27 bits per heavy atom. The molecule has 22 heavy (non-hydrogen) atoms. The molecule has 116 valence electrons. The van der Waals surface area contributed by atoms with E-state index in [9.17, 15) is 4.79 Å². The zero-order valence-corrected chi connectivity index (χ0v) is 13.3. The van der Waals surface area contributed by atoms with Gasteiger partial charge in [0.1, 0.15) is 10.5 Å². The molecule has 0 spiro atoms. The highest BCUT2D eigenvalue weighted by Crippen LogP contribution is 2.14. The highest BCUT2D eigenvalue weighted by molar-refractivity contribution is 7.17. The van der Waals surface area contributed by atoms with Crippen LogP contribution in [0.4, 0.5) is 0 Å². The molecule has 0 radical (unpaired) electrons. The Morgan fingerprint density at radius 1 is 1.41 bits per heavy atom. The van der Waals surface area contributed by atoms with E-state index in [-0.39, 0.29) is 5.56 Å². The van der Waals surface area contributed by atoms with E-state index in [4.69, 9.17) is 0 Å². The number of aryl methyl sites for hydroxylation is 1. The van der Waals surface area contributed by atoms with Crippen LogP contribution in [0.25, 0.3) is 10.2 Å². The van der Waals surface area contributed by atoms with Gasteiger partial charge in [-0.15, -0.1) is 21.5 Å². The van der Waals surface area contributed by atoms with Crippen molar-refractivity contribution in [3.05, 3.63) is 33.4 Å². The van der Waals surface area contributed by atoms with Crippen molar-refractivity contribution in [3.63, 3.8) is 0 Å². The Bertz CT molecular complexity index is 821. The second kappa shape index (κ2) is 6.32. The number of hydrogen-bond donors (Lipinski definition) is 1. The quantitative estimate of drug-likeness (QED) is 0.726. The summed E-state index contributed by atoms with van der Waals surface area (Å²) in [6.07, 6.45) is 0.991. The Hall–Kier alpha value is -2.13. The minimum Gasteiger partial charge on any atom is -0.308 e. The van der Waals surface area contributed by atoms with Gasteiger partial charge in [-0.05, 0) is 29.6 Å². The second-order valence-electron chi connectivity index (χ2n) is 5.05. The maximum absolute atomic E-state index is 12.0. The number of nitrogens with one attached hydrogen (secondary N) is 1. The van der Waals surface area contributed by atoms with Gasteiger partial charge in [-0.2, -0.15) is 4.80 Å². The van der Waals surface area contributed by atoms with Crippen molar-refractivity contribution in [1.82, 2.24) is 35.1 Å². The molecule has 0 atom stereocenters. The summed E-state index contributed by atoms with van der Waals surface area (Å²) in [6.45, 7) is 4.10. The number of nitrogens with zero attached hydrogens (tertiary/aromatic N) is 6. The summed E-state index contributed by atoms with van der Waals surface area (Å²) in [5, 5.41) is 13.9. The Labute approximate surface area is 130 Å². The molecule has 0 aliphatic carbocycles. The molecule has 3 aromatic rings. The summed E-state index contributed by atoms with van der Waals surface area (Å²) < 4.78 is 0.668. The fourth-order valence-corrected chi connectivity index (χ4v) is 3.05. The lowest BCUT2D eigenvalue weighted by Gasteiger charge is -2.19. The summed E-state index contributed by atoms with van der Waals surface area (Å²) in [7, 11) is 1.74. The molecule has 0 aliphatic heterocycles. The zero-order chi connectivity index (χ0) is 15.5. The van der Waals surface area contributed by atoms with Crippen molar-refractivity contribution >= 4 is 21.6 Å². The molecule has 0 amide bonds. The van der Waals surface area contributed by atoms with Gasteiger partial charge in [-0.25, -0.2) is 4.98 Å². The number of fused-ring (bicyclic) bond motifs is 1. The number of hydrogen-bond acceptors (Lipinski definition) is 7.